The summed E-state index contributed by atoms with van der Waals surface area (Å²) in [5.41, 5.74) is -0.306. The van der Waals surface area contributed by atoms with Gasteiger partial charge in [-0.2, -0.15) is 17.5 Å². The van der Waals surface area contributed by atoms with Gasteiger partial charge in [-0.3, -0.25) is 10.1 Å². The molecule has 1 unspecified atom stereocenters. The Morgan fingerprint density at radius 1 is 1.07 bits per heavy atom. The number of para-hydroxylation sites is 1. The van der Waals surface area contributed by atoms with Gasteiger partial charge in [0.05, 0.1) is 4.92 Å². The number of anilines is 1. The van der Waals surface area contributed by atoms with Gasteiger partial charge in [0.15, 0.2) is 4.90 Å². The minimum atomic E-state index is -4.87. The van der Waals surface area contributed by atoms with Gasteiger partial charge in [0.2, 0.25) is 0 Å². The molecule has 0 bridgehead atoms. The van der Waals surface area contributed by atoms with Crippen LogP contribution in [0, 0.1) is 10.1 Å². The summed E-state index contributed by atoms with van der Waals surface area (Å²) in [5.74, 6) is 0. The van der Waals surface area contributed by atoms with E-state index < -0.39 is 50.8 Å². The first-order valence-corrected chi connectivity index (χ1v) is 10.2. The van der Waals surface area contributed by atoms with Crippen molar-refractivity contribution in [3.05, 3.63) is 63.7 Å². The van der Waals surface area contributed by atoms with Crippen LogP contribution in [0.4, 0.5) is 24.5 Å². The van der Waals surface area contributed by atoms with Crippen LogP contribution in [0.25, 0.3) is 0 Å². The standard InChI is InChI=1S/C17H15ClF3N3O4S/c18-12-5-7-13(8-6-12)22-9-10-23(16(11-22)17(19,20)21)29(27,28)15-4-2-1-3-14(15)24(25)26/h1-8,16H,9-11H2. The fraction of sp³-hybridized carbons (Fsp3) is 0.294. The van der Waals surface area contributed by atoms with Gasteiger partial charge in [-0.1, -0.05) is 23.7 Å². The van der Waals surface area contributed by atoms with Crippen LogP contribution in [0.2, 0.25) is 5.02 Å². The van der Waals surface area contributed by atoms with Gasteiger partial charge in [-0.25, -0.2) is 8.42 Å². The number of nitro groups is 1. The molecule has 1 atom stereocenters. The van der Waals surface area contributed by atoms with Crippen molar-refractivity contribution >= 4 is 33.0 Å². The Morgan fingerprint density at radius 3 is 2.28 bits per heavy atom. The SMILES string of the molecule is O=[N+]([O-])c1ccccc1S(=O)(=O)N1CCN(c2ccc(Cl)cc2)CC1C(F)(F)F. The highest BCUT2D eigenvalue weighted by molar-refractivity contribution is 7.89. The summed E-state index contributed by atoms with van der Waals surface area (Å²) in [6, 6.07) is 8.13. The Bertz CT molecular complexity index is 1020. The number of rotatable bonds is 4. The van der Waals surface area contributed by atoms with Crippen LogP contribution in [0.15, 0.2) is 53.4 Å². The normalized spacial score (nSPS) is 18.6. The lowest BCUT2D eigenvalue weighted by Crippen LogP contribution is -2.60. The number of hydrogen-bond acceptors (Lipinski definition) is 5. The molecule has 29 heavy (non-hydrogen) atoms. The van der Waals surface area contributed by atoms with E-state index in [0.717, 1.165) is 12.1 Å². The first kappa shape index (κ1) is 21.3. The van der Waals surface area contributed by atoms with Crippen LogP contribution >= 0.6 is 11.6 Å². The van der Waals surface area contributed by atoms with Gasteiger partial charge >= 0.3 is 6.18 Å². The monoisotopic (exact) mass is 449 g/mol. The fourth-order valence-corrected chi connectivity index (χ4v) is 5.04. The third-order valence-corrected chi connectivity index (χ3v) is 6.76. The van der Waals surface area contributed by atoms with Crippen LogP contribution in [0.1, 0.15) is 0 Å². The molecule has 0 aromatic heterocycles. The molecular weight excluding hydrogens is 435 g/mol. The van der Waals surface area contributed by atoms with E-state index >= 15 is 0 Å². The molecule has 0 radical (unpaired) electrons. The molecule has 7 nitrogen and oxygen atoms in total. The van der Waals surface area contributed by atoms with E-state index in [1.165, 1.54) is 29.2 Å². The zero-order valence-electron chi connectivity index (χ0n) is 14.7. The number of nitrogens with zero attached hydrogens (tertiary/aromatic N) is 3. The van der Waals surface area contributed by atoms with Crippen molar-refractivity contribution in [2.24, 2.45) is 0 Å². The number of piperazine rings is 1. The van der Waals surface area contributed by atoms with E-state index in [1.54, 1.807) is 12.1 Å². The summed E-state index contributed by atoms with van der Waals surface area (Å²) in [5, 5.41) is 11.6. The van der Waals surface area contributed by atoms with Crippen LogP contribution in [-0.2, 0) is 10.0 Å². The van der Waals surface area contributed by atoms with Crippen molar-refractivity contribution in [3.63, 3.8) is 0 Å². The molecule has 2 aromatic rings. The van der Waals surface area contributed by atoms with Crippen molar-refractivity contribution in [1.82, 2.24) is 4.31 Å². The zero-order chi connectivity index (χ0) is 21.4. The van der Waals surface area contributed by atoms with Crippen LogP contribution < -0.4 is 4.90 Å². The van der Waals surface area contributed by atoms with Crippen LogP contribution in [0.3, 0.4) is 0 Å². The molecule has 1 aliphatic heterocycles. The molecule has 12 heteroatoms. The lowest BCUT2D eigenvalue weighted by molar-refractivity contribution is -0.387. The van der Waals surface area contributed by atoms with Gasteiger partial charge in [-0.05, 0) is 30.3 Å². The lowest BCUT2D eigenvalue weighted by atomic mass is 10.1. The van der Waals surface area contributed by atoms with Gasteiger partial charge in [0.25, 0.3) is 15.7 Å². The number of alkyl halides is 3. The predicted octanol–water partition coefficient (Wildman–Crippen LogP) is 3.69. The van der Waals surface area contributed by atoms with Gasteiger partial charge in [0, 0.05) is 36.4 Å². The van der Waals surface area contributed by atoms with Crippen molar-refractivity contribution in [2.75, 3.05) is 24.5 Å². The quantitative estimate of drug-likeness (QED) is 0.525. The summed E-state index contributed by atoms with van der Waals surface area (Å²) >= 11 is 5.80. The largest absolute Gasteiger partial charge is 0.406 e. The van der Waals surface area contributed by atoms with Gasteiger partial charge < -0.3 is 4.90 Å². The molecule has 3 rings (SSSR count). The van der Waals surface area contributed by atoms with Crippen LogP contribution in [0.5, 0.6) is 0 Å². The number of nitro benzene ring substituents is 1. The van der Waals surface area contributed by atoms with Crippen molar-refractivity contribution in [2.45, 2.75) is 17.1 Å². The Labute approximate surface area is 169 Å². The second-order valence-electron chi connectivity index (χ2n) is 6.32. The first-order valence-electron chi connectivity index (χ1n) is 8.34. The van der Waals surface area contributed by atoms with Gasteiger partial charge in [-0.15, -0.1) is 0 Å². The molecule has 0 saturated carbocycles. The third-order valence-electron chi connectivity index (χ3n) is 4.55. The third kappa shape index (κ3) is 4.31. The molecule has 156 valence electrons. The van der Waals surface area contributed by atoms with E-state index in [2.05, 4.69) is 0 Å². The molecule has 1 heterocycles. The van der Waals surface area contributed by atoms with Crippen LogP contribution in [-0.4, -0.2) is 49.5 Å². The highest BCUT2D eigenvalue weighted by Crippen LogP contribution is 2.35. The average Bonchev–Trinajstić information content (AvgIpc) is 2.67. The second-order valence-corrected chi connectivity index (χ2v) is 8.62. The van der Waals surface area contributed by atoms with E-state index in [4.69, 9.17) is 11.6 Å². The molecule has 0 spiro atoms. The summed E-state index contributed by atoms with van der Waals surface area (Å²) in [6.07, 6.45) is -4.87. The predicted molar refractivity (Wildman–Crippen MR) is 100 cm³/mol. The van der Waals surface area contributed by atoms with E-state index in [1.807, 2.05) is 0 Å². The number of halogens is 4. The molecule has 0 aliphatic carbocycles. The number of benzene rings is 2. The van der Waals surface area contributed by atoms with E-state index in [9.17, 15) is 31.7 Å². The average molecular weight is 450 g/mol. The smallest absolute Gasteiger partial charge is 0.368 e. The number of sulfonamides is 1. The summed E-state index contributed by atoms with van der Waals surface area (Å²) in [6.45, 7) is -1.15. The minimum absolute atomic E-state index is 0.0198. The zero-order valence-corrected chi connectivity index (χ0v) is 16.3. The first-order chi connectivity index (χ1) is 13.5. The molecule has 0 N–H and O–H groups in total. The lowest BCUT2D eigenvalue weighted by Gasteiger charge is -2.42. The van der Waals surface area contributed by atoms with E-state index in [-0.39, 0.29) is 6.54 Å². The Hall–Kier alpha value is -2.37. The summed E-state index contributed by atoms with van der Waals surface area (Å²) < 4.78 is 67.5. The van der Waals surface area contributed by atoms with Gasteiger partial charge in [0.1, 0.15) is 6.04 Å². The van der Waals surface area contributed by atoms with E-state index in [0.29, 0.717) is 15.0 Å². The summed E-state index contributed by atoms with van der Waals surface area (Å²) in [4.78, 5) is 10.9. The molecule has 1 saturated heterocycles. The Morgan fingerprint density at radius 2 is 1.69 bits per heavy atom. The maximum Gasteiger partial charge on any atom is 0.406 e. The molecule has 1 fully saturated rings. The fourth-order valence-electron chi connectivity index (χ4n) is 3.16. The maximum atomic E-state index is 13.8. The summed E-state index contributed by atoms with van der Waals surface area (Å²) in [7, 11) is -4.76. The maximum absolute atomic E-state index is 13.8. The van der Waals surface area contributed by atoms with Crippen molar-refractivity contribution < 1.29 is 26.5 Å². The highest BCUT2D eigenvalue weighted by Gasteiger charge is 2.51. The second kappa shape index (κ2) is 7.81. The Kier molecular flexibility index (Phi) is 5.74. The molecular formula is C17H15ClF3N3O4S. The number of hydrogen-bond donors (Lipinski definition) is 0. The minimum Gasteiger partial charge on any atom is -0.368 e. The molecule has 2 aromatic carbocycles. The molecule has 0 amide bonds. The Balaban J connectivity index is 1.99. The van der Waals surface area contributed by atoms with Crippen molar-refractivity contribution in [1.29, 1.82) is 0 Å². The highest BCUT2D eigenvalue weighted by atomic mass is 35.5. The molecule has 1 aliphatic rings. The van der Waals surface area contributed by atoms with Crippen molar-refractivity contribution in [3.8, 4) is 0 Å². The topological polar surface area (TPSA) is 83.8 Å².